The van der Waals surface area contributed by atoms with Gasteiger partial charge in [0, 0.05) is 11.7 Å². The highest BCUT2D eigenvalue weighted by Gasteiger charge is 2.51. The van der Waals surface area contributed by atoms with Gasteiger partial charge in [0.1, 0.15) is 5.82 Å². The number of piperidine rings is 1. The summed E-state index contributed by atoms with van der Waals surface area (Å²) in [4.78, 5) is 14.7. The number of nitrogens with one attached hydrogen (secondary N) is 1. The van der Waals surface area contributed by atoms with Crippen LogP contribution >= 0.6 is 0 Å². The van der Waals surface area contributed by atoms with Crippen LogP contribution in [-0.4, -0.2) is 25.0 Å². The van der Waals surface area contributed by atoms with Crippen molar-refractivity contribution in [3.8, 4) is 0 Å². The smallest absolute Gasteiger partial charge is 0.238 e. The number of hydrogen-bond acceptors (Lipinski definition) is 2. The van der Waals surface area contributed by atoms with Crippen LogP contribution in [0.25, 0.3) is 0 Å². The van der Waals surface area contributed by atoms with E-state index in [-0.39, 0.29) is 17.8 Å². The number of benzene rings is 1. The molecule has 0 atom stereocenters. The summed E-state index contributed by atoms with van der Waals surface area (Å²) in [7, 11) is 0. The Morgan fingerprint density at radius 2 is 2.00 bits per heavy atom. The largest absolute Gasteiger partial charge is 0.317 e. The maximum absolute atomic E-state index is 13.6. The van der Waals surface area contributed by atoms with Crippen LogP contribution in [0.5, 0.6) is 0 Å². The van der Waals surface area contributed by atoms with Crippen molar-refractivity contribution in [2.75, 3.05) is 18.0 Å². The van der Waals surface area contributed by atoms with E-state index in [1.54, 1.807) is 12.1 Å². The molecule has 0 saturated carbocycles. The molecule has 1 fully saturated rings. The minimum Gasteiger partial charge on any atom is -0.317 e. The quantitative estimate of drug-likeness (QED) is 0.841. The summed E-state index contributed by atoms with van der Waals surface area (Å²) < 4.78 is 13.6. The minimum atomic E-state index is -0.507. The van der Waals surface area contributed by atoms with Gasteiger partial charge in [0.25, 0.3) is 0 Å². The lowest BCUT2D eigenvalue weighted by atomic mass is 9.74. The summed E-state index contributed by atoms with van der Waals surface area (Å²) in [5, 5.41) is 3.28. The molecule has 1 aromatic carbocycles. The Morgan fingerprint density at radius 1 is 1.32 bits per heavy atom. The van der Waals surface area contributed by atoms with E-state index in [2.05, 4.69) is 5.32 Å². The Hall–Kier alpha value is -1.42. The summed E-state index contributed by atoms with van der Waals surface area (Å²) in [5.74, 6) is -0.111. The second-order valence-corrected chi connectivity index (χ2v) is 5.76. The zero-order valence-corrected chi connectivity index (χ0v) is 11.4. The number of halogens is 1. The molecule has 0 aliphatic carbocycles. The van der Waals surface area contributed by atoms with Crippen LogP contribution in [0, 0.1) is 5.82 Å². The van der Waals surface area contributed by atoms with Gasteiger partial charge in [-0.15, -0.1) is 0 Å². The van der Waals surface area contributed by atoms with E-state index in [1.807, 2.05) is 18.7 Å². The highest BCUT2D eigenvalue weighted by atomic mass is 19.1. The number of rotatable bonds is 1. The standard InChI is InChI=1S/C15H19FN2O/c1-10(2)18-13-4-3-11(16)9-12(13)15(14(18)19)5-7-17-8-6-15/h3-4,9-10,17H,5-8H2,1-2H3. The van der Waals surface area contributed by atoms with Crippen molar-refractivity contribution in [3.05, 3.63) is 29.6 Å². The van der Waals surface area contributed by atoms with E-state index >= 15 is 0 Å². The van der Waals surface area contributed by atoms with Crippen molar-refractivity contribution in [1.29, 1.82) is 0 Å². The zero-order chi connectivity index (χ0) is 13.6. The second kappa shape index (κ2) is 4.30. The van der Waals surface area contributed by atoms with Gasteiger partial charge in [-0.1, -0.05) is 0 Å². The van der Waals surface area contributed by atoms with E-state index in [1.165, 1.54) is 6.07 Å². The Labute approximate surface area is 112 Å². The fraction of sp³-hybridized carbons (Fsp3) is 0.533. The molecule has 1 N–H and O–H groups in total. The number of carbonyl (C=O) groups excluding carboxylic acids is 1. The summed E-state index contributed by atoms with van der Waals surface area (Å²) in [6.45, 7) is 5.64. The number of nitrogens with zero attached hydrogens (tertiary/aromatic N) is 1. The average Bonchev–Trinajstić information content (AvgIpc) is 2.61. The SMILES string of the molecule is CC(C)N1C(=O)C2(CCNCC2)c2cc(F)ccc21. The van der Waals surface area contributed by atoms with Gasteiger partial charge in [-0.05, 0) is 63.5 Å². The lowest BCUT2D eigenvalue weighted by molar-refractivity contribution is -0.124. The first kappa shape index (κ1) is 12.6. The monoisotopic (exact) mass is 262 g/mol. The van der Waals surface area contributed by atoms with E-state index in [4.69, 9.17) is 0 Å². The molecule has 102 valence electrons. The van der Waals surface area contributed by atoms with Crippen molar-refractivity contribution < 1.29 is 9.18 Å². The highest BCUT2D eigenvalue weighted by molar-refractivity contribution is 6.08. The summed E-state index contributed by atoms with van der Waals surface area (Å²) in [6, 6.07) is 4.85. The van der Waals surface area contributed by atoms with E-state index < -0.39 is 5.41 Å². The van der Waals surface area contributed by atoms with Gasteiger partial charge >= 0.3 is 0 Å². The third-order valence-electron chi connectivity index (χ3n) is 4.34. The van der Waals surface area contributed by atoms with Crippen molar-refractivity contribution >= 4 is 11.6 Å². The van der Waals surface area contributed by atoms with E-state index in [0.717, 1.165) is 37.2 Å². The molecular weight excluding hydrogens is 243 g/mol. The van der Waals surface area contributed by atoms with Crippen LogP contribution in [0.3, 0.4) is 0 Å². The summed E-state index contributed by atoms with van der Waals surface area (Å²) in [5.41, 5.74) is 1.27. The molecule has 1 saturated heterocycles. The maximum atomic E-state index is 13.6. The van der Waals surface area contributed by atoms with Gasteiger partial charge in [0.2, 0.25) is 5.91 Å². The Kier molecular flexibility index (Phi) is 2.86. The molecule has 0 aromatic heterocycles. The molecule has 0 radical (unpaired) electrons. The summed E-state index contributed by atoms with van der Waals surface area (Å²) in [6.07, 6.45) is 1.51. The molecule has 1 aromatic rings. The predicted octanol–water partition coefficient (Wildman–Crippen LogP) is 2.20. The fourth-order valence-electron chi connectivity index (χ4n) is 3.41. The van der Waals surface area contributed by atoms with Crippen molar-refractivity contribution in [2.45, 2.75) is 38.1 Å². The number of fused-ring (bicyclic) bond motifs is 2. The van der Waals surface area contributed by atoms with Gasteiger partial charge in [-0.2, -0.15) is 0 Å². The third-order valence-corrected chi connectivity index (χ3v) is 4.34. The average molecular weight is 262 g/mol. The first-order chi connectivity index (χ1) is 9.06. The van der Waals surface area contributed by atoms with Crippen molar-refractivity contribution in [3.63, 3.8) is 0 Å². The lowest BCUT2D eigenvalue weighted by Gasteiger charge is -2.33. The molecule has 2 heterocycles. The molecule has 3 rings (SSSR count). The lowest BCUT2D eigenvalue weighted by Crippen LogP contribution is -2.48. The zero-order valence-electron chi connectivity index (χ0n) is 11.4. The highest BCUT2D eigenvalue weighted by Crippen LogP contribution is 2.47. The topological polar surface area (TPSA) is 32.3 Å². The van der Waals surface area contributed by atoms with Crippen molar-refractivity contribution in [2.24, 2.45) is 0 Å². The Balaban J connectivity index is 2.17. The van der Waals surface area contributed by atoms with E-state index in [0.29, 0.717) is 0 Å². The number of hydrogen-bond donors (Lipinski definition) is 1. The molecule has 0 bridgehead atoms. The minimum absolute atomic E-state index is 0.103. The molecule has 2 aliphatic rings. The molecule has 19 heavy (non-hydrogen) atoms. The Morgan fingerprint density at radius 3 is 2.63 bits per heavy atom. The number of carbonyl (C=O) groups is 1. The van der Waals surface area contributed by atoms with Crippen LogP contribution in [-0.2, 0) is 10.2 Å². The molecule has 1 spiro atoms. The first-order valence-corrected chi connectivity index (χ1v) is 6.91. The first-order valence-electron chi connectivity index (χ1n) is 6.91. The van der Waals surface area contributed by atoms with Gasteiger partial charge in [-0.3, -0.25) is 4.79 Å². The maximum Gasteiger partial charge on any atom is 0.238 e. The van der Waals surface area contributed by atoms with Gasteiger partial charge in [-0.25, -0.2) is 4.39 Å². The van der Waals surface area contributed by atoms with Crippen LogP contribution in [0.15, 0.2) is 18.2 Å². The molecule has 2 aliphatic heterocycles. The van der Waals surface area contributed by atoms with Gasteiger partial charge < -0.3 is 10.2 Å². The van der Waals surface area contributed by atoms with Crippen LogP contribution in [0.2, 0.25) is 0 Å². The predicted molar refractivity (Wildman–Crippen MR) is 72.8 cm³/mol. The Bertz CT molecular complexity index is 521. The van der Waals surface area contributed by atoms with Crippen LogP contribution in [0.4, 0.5) is 10.1 Å². The van der Waals surface area contributed by atoms with Gasteiger partial charge in [0.05, 0.1) is 5.41 Å². The molecule has 3 nitrogen and oxygen atoms in total. The molecule has 4 heteroatoms. The normalized spacial score (nSPS) is 21.3. The fourth-order valence-corrected chi connectivity index (χ4v) is 3.41. The van der Waals surface area contributed by atoms with Crippen LogP contribution < -0.4 is 10.2 Å². The number of anilines is 1. The molecule has 1 amide bonds. The summed E-state index contributed by atoms with van der Waals surface area (Å²) >= 11 is 0. The second-order valence-electron chi connectivity index (χ2n) is 5.76. The third kappa shape index (κ3) is 1.70. The number of amides is 1. The molecule has 0 unspecified atom stereocenters. The van der Waals surface area contributed by atoms with Crippen LogP contribution in [0.1, 0.15) is 32.3 Å². The molecular formula is C15H19FN2O. The van der Waals surface area contributed by atoms with Crippen molar-refractivity contribution in [1.82, 2.24) is 5.32 Å². The van der Waals surface area contributed by atoms with E-state index in [9.17, 15) is 9.18 Å². The van der Waals surface area contributed by atoms with Gasteiger partial charge in [0.15, 0.2) is 0 Å².